The molecule has 0 aliphatic carbocycles. The van der Waals surface area contributed by atoms with Gasteiger partial charge in [0.2, 0.25) is 15.9 Å². The highest BCUT2D eigenvalue weighted by Crippen LogP contribution is 2.17. The van der Waals surface area contributed by atoms with Gasteiger partial charge in [-0.25, -0.2) is 13.2 Å². The van der Waals surface area contributed by atoms with Crippen LogP contribution >= 0.6 is 0 Å². The van der Waals surface area contributed by atoms with Crippen LogP contribution in [0.5, 0.6) is 0 Å². The van der Waals surface area contributed by atoms with E-state index in [1.54, 1.807) is 12.1 Å². The van der Waals surface area contributed by atoms with Crippen molar-refractivity contribution in [2.45, 2.75) is 18.0 Å². The Morgan fingerprint density at radius 3 is 2.44 bits per heavy atom. The van der Waals surface area contributed by atoms with Crippen LogP contribution in [-0.2, 0) is 37.4 Å². The number of methoxy groups -OCH3 is 1. The number of morpholine rings is 1. The van der Waals surface area contributed by atoms with Crippen molar-refractivity contribution in [3.8, 4) is 0 Å². The highest BCUT2D eigenvalue weighted by Gasteiger charge is 2.26. The highest BCUT2D eigenvalue weighted by molar-refractivity contribution is 7.89. The number of ether oxygens (including phenoxy) is 2. The number of sulfonamides is 1. The van der Waals surface area contributed by atoms with Crippen LogP contribution in [0.15, 0.2) is 46.2 Å². The minimum Gasteiger partial charge on any atom is -0.465 e. The quantitative estimate of drug-likeness (QED) is 0.299. The Kier molecular flexibility index (Phi) is 7.75. The van der Waals surface area contributed by atoms with Gasteiger partial charge in [0, 0.05) is 31.9 Å². The Bertz CT molecular complexity index is 1250. The normalized spacial score (nSPS) is 14.4. The van der Waals surface area contributed by atoms with E-state index in [2.05, 4.69) is 10.1 Å². The highest BCUT2D eigenvalue weighted by atomic mass is 32.2. The zero-order valence-corrected chi connectivity index (χ0v) is 18.9. The van der Waals surface area contributed by atoms with Crippen LogP contribution in [0, 0.1) is 10.1 Å². The Hall–Kier alpha value is -3.62. The number of carbonyl (C=O) groups excluding carboxylic acids is 2. The van der Waals surface area contributed by atoms with Crippen LogP contribution in [0.25, 0.3) is 0 Å². The molecule has 3 rings (SSSR count). The Morgan fingerprint density at radius 2 is 1.85 bits per heavy atom. The standard InChI is InChI=1S/C20H22N4O9S/c1-32-20(27)15-10-17(24(28)29)19(26)22(12-15)13-18(25)21-11-14-2-4-16(5-3-14)34(30,31)23-6-8-33-9-7-23/h2-5,10,12H,6-9,11,13H2,1H3,(H,21,25). The summed E-state index contributed by atoms with van der Waals surface area (Å²) in [5.74, 6) is -1.55. The van der Waals surface area contributed by atoms with Gasteiger partial charge in [-0.1, -0.05) is 12.1 Å². The number of nitrogens with one attached hydrogen (secondary N) is 1. The molecule has 2 aromatic rings. The molecule has 1 aromatic carbocycles. The lowest BCUT2D eigenvalue weighted by atomic mass is 10.2. The molecule has 0 saturated carbocycles. The van der Waals surface area contributed by atoms with E-state index in [4.69, 9.17) is 4.74 Å². The molecule has 1 aliphatic heterocycles. The molecule has 1 saturated heterocycles. The minimum absolute atomic E-state index is 0.0181. The van der Waals surface area contributed by atoms with Gasteiger partial charge in [0.1, 0.15) is 6.54 Å². The Balaban J connectivity index is 1.67. The SMILES string of the molecule is COC(=O)c1cc([N+](=O)[O-])c(=O)n(CC(=O)NCc2ccc(S(=O)(=O)N3CCOCC3)cc2)c1. The molecule has 0 atom stereocenters. The van der Waals surface area contributed by atoms with Crippen LogP contribution in [0.3, 0.4) is 0 Å². The van der Waals surface area contributed by atoms with Gasteiger partial charge in [-0.2, -0.15) is 4.31 Å². The molecule has 1 N–H and O–H groups in total. The molecule has 1 fully saturated rings. The number of hydrogen-bond acceptors (Lipinski definition) is 9. The number of hydrogen-bond donors (Lipinski definition) is 1. The van der Waals surface area contributed by atoms with Gasteiger partial charge in [-0.15, -0.1) is 0 Å². The summed E-state index contributed by atoms with van der Waals surface area (Å²) in [6, 6.07) is 6.74. The van der Waals surface area contributed by atoms with E-state index in [1.165, 1.54) is 16.4 Å². The van der Waals surface area contributed by atoms with Gasteiger partial charge in [0.15, 0.2) is 0 Å². The average Bonchev–Trinajstić information content (AvgIpc) is 2.84. The minimum atomic E-state index is -3.64. The Labute approximate surface area is 194 Å². The van der Waals surface area contributed by atoms with Crippen LogP contribution in [-0.4, -0.2) is 67.5 Å². The van der Waals surface area contributed by atoms with E-state index in [9.17, 15) is 32.9 Å². The van der Waals surface area contributed by atoms with Crippen molar-refractivity contribution in [2.75, 3.05) is 33.4 Å². The second kappa shape index (κ2) is 10.5. The molecule has 1 aromatic heterocycles. The van der Waals surface area contributed by atoms with Crippen LogP contribution < -0.4 is 10.9 Å². The molecular weight excluding hydrogens is 472 g/mol. The van der Waals surface area contributed by atoms with Crippen molar-refractivity contribution in [1.82, 2.24) is 14.2 Å². The third-order valence-corrected chi connectivity index (χ3v) is 6.93. The van der Waals surface area contributed by atoms with Gasteiger partial charge < -0.3 is 14.8 Å². The largest absolute Gasteiger partial charge is 0.465 e. The molecule has 0 unspecified atom stereocenters. The van der Waals surface area contributed by atoms with Crippen LogP contribution in [0.1, 0.15) is 15.9 Å². The number of carbonyl (C=O) groups is 2. The smallest absolute Gasteiger partial charge is 0.339 e. The van der Waals surface area contributed by atoms with E-state index >= 15 is 0 Å². The second-order valence-electron chi connectivity index (χ2n) is 7.23. The van der Waals surface area contributed by atoms with E-state index < -0.39 is 44.6 Å². The molecule has 0 radical (unpaired) electrons. The summed E-state index contributed by atoms with van der Waals surface area (Å²) in [5, 5.41) is 13.7. The van der Waals surface area contributed by atoms with Gasteiger partial charge in [-0.3, -0.25) is 24.3 Å². The second-order valence-corrected chi connectivity index (χ2v) is 9.17. The lowest BCUT2D eigenvalue weighted by molar-refractivity contribution is -0.386. The van der Waals surface area contributed by atoms with Crippen LogP contribution in [0.4, 0.5) is 5.69 Å². The van der Waals surface area contributed by atoms with Gasteiger partial charge in [0.05, 0.1) is 35.7 Å². The predicted octanol–water partition coefficient (Wildman–Crippen LogP) is -0.120. The molecule has 1 amide bonds. The summed E-state index contributed by atoms with van der Waals surface area (Å²) >= 11 is 0. The fraction of sp³-hybridized carbons (Fsp3) is 0.350. The summed E-state index contributed by atoms with van der Waals surface area (Å²) in [6.07, 6.45) is 1.01. The number of nitrogens with zero attached hydrogens (tertiary/aromatic N) is 3. The maximum Gasteiger partial charge on any atom is 0.339 e. The third kappa shape index (κ3) is 5.65. The van der Waals surface area contributed by atoms with Crippen molar-refractivity contribution in [1.29, 1.82) is 0 Å². The van der Waals surface area contributed by atoms with E-state index in [1.807, 2.05) is 0 Å². The number of aromatic nitrogens is 1. The van der Waals surface area contributed by atoms with E-state index in [0.29, 0.717) is 18.8 Å². The number of esters is 1. The number of benzene rings is 1. The molecule has 2 heterocycles. The summed E-state index contributed by atoms with van der Waals surface area (Å²) < 4.78 is 37.1. The topological polar surface area (TPSA) is 167 Å². The van der Waals surface area contributed by atoms with Crippen molar-refractivity contribution in [2.24, 2.45) is 0 Å². The first kappa shape index (κ1) is 25.0. The maximum absolute atomic E-state index is 12.7. The fourth-order valence-corrected chi connectivity index (χ4v) is 4.63. The van der Waals surface area contributed by atoms with Crippen molar-refractivity contribution < 1.29 is 32.4 Å². The van der Waals surface area contributed by atoms with Gasteiger partial charge in [0.25, 0.3) is 0 Å². The maximum atomic E-state index is 12.7. The van der Waals surface area contributed by atoms with Crippen LogP contribution in [0.2, 0.25) is 0 Å². The fourth-order valence-electron chi connectivity index (χ4n) is 3.22. The van der Waals surface area contributed by atoms with E-state index in [0.717, 1.165) is 23.9 Å². The molecule has 14 heteroatoms. The zero-order chi connectivity index (χ0) is 24.9. The molecular formula is C20H22N4O9S. The number of nitro groups is 1. The molecule has 0 bridgehead atoms. The number of rotatable bonds is 8. The molecule has 34 heavy (non-hydrogen) atoms. The van der Waals surface area contributed by atoms with Crippen molar-refractivity contribution in [3.05, 3.63) is 68.1 Å². The molecule has 0 spiro atoms. The van der Waals surface area contributed by atoms with Crippen molar-refractivity contribution in [3.63, 3.8) is 0 Å². The zero-order valence-electron chi connectivity index (χ0n) is 18.1. The first-order valence-corrected chi connectivity index (χ1v) is 11.5. The average molecular weight is 494 g/mol. The third-order valence-electron chi connectivity index (χ3n) is 5.02. The Morgan fingerprint density at radius 1 is 1.21 bits per heavy atom. The lowest BCUT2D eigenvalue weighted by Gasteiger charge is -2.26. The lowest BCUT2D eigenvalue weighted by Crippen LogP contribution is -2.40. The summed E-state index contributed by atoms with van der Waals surface area (Å²) in [5.41, 5.74) is -1.58. The van der Waals surface area contributed by atoms with Gasteiger partial charge in [-0.05, 0) is 17.7 Å². The van der Waals surface area contributed by atoms with E-state index in [-0.39, 0.29) is 30.1 Å². The summed E-state index contributed by atoms with van der Waals surface area (Å²) in [6.45, 7) is 0.651. The number of pyridine rings is 1. The molecule has 1 aliphatic rings. The monoisotopic (exact) mass is 494 g/mol. The summed E-state index contributed by atoms with van der Waals surface area (Å²) in [4.78, 5) is 46.6. The predicted molar refractivity (Wildman–Crippen MR) is 117 cm³/mol. The summed E-state index contributed by atoms with van der Waals surface area (Å²) in [7, 11) is -2.57. The van der Waals surface area contributed by atoms with Crippen molar-refractivity contribution >= 4 is 27.6 Å². The number of amides is 1. The first-order chi connectivity index (χ1) is 16.1. The molecule has 13 nitrogen and oxygen atoms in total. The first-order valence-electron chi connectivity index (χ1n) is 10.0. The van der Waals surface area contributed by atoms with Gasteiger partial charge >= 0.3 is 17.2 Å². The molecule has 182 valence electrons.